The summed E-state index contributed by atoms with van der Waals surface area (Å²) in [5.41, 5.74) is 14.2. The minimum atomic E-state index is -0.782. The first kappa shape index (κ1) is 26.3. The predicted molar refractivity (Wildman–Crippen MR) is 138 cm³/mol. The quantitative estimate of drug-likeness (QED) is 0.231. The number of nitrogens with zero attached hydrogens (tertiary/aromatic N) is 2. The second-order valence-corrected chi connectivity index (χ2v) is 8.13. The van der Waals surface area contributed by atoms with Crippen molar-refractivity contribution in [2.24, 2.45) is 0 Å². The van der Waals surface area contributed by atoms with Crippen molar-refractivity contribution in [3.8, 4) is 23.7 Å². The Morgan fingerprint density at radius 2 is 1.08 bits per heavy atom. The largest absolute Gasteiger partial charge is 0.448 e. The van der Waals surface area contributed by atoms with Crippen LogP contribution in [0.15, 0.2) is 65.1 Å². The lowest BCUT2D eigenvalue weighted by Crippen LogP contribution is -2.24. The smallest absolute Gasteiger partial charge is 0.298 e. The molecule has 4 N–H and O–H groups in total. The van der Waals surface area contributed by atoms with E-state index in [1.165, 1.54) is 21.9 Å². The minimum Gasteiger partial charge on any atom is -0.448 e. The Hall–Kier alpha value is -5.28. The van der Waals surface area contributed by atoms with Crippen molar-refractivity contribution in [2.45, 2.75) is 13.1 Å². The second kappa shape index (κ2) is 11.9. The van der Waals surface area contributed by atoms with Gasteiger partial charge in [-0.25, -0.2) is 0 Å². The summed E-state index contributed by atoms with van der Waals surface area (Å²) in [6, 6.07) is 16.6. The number of nitrogens with two attached hydrogens (primary N) is 2. The number of ketones is 2. The fourth-order valence-corrected chi connectivity index (χ4v) is 3.19. The van der Waals surface area contributed by atoms with Crippen LogP contribution in [0.3, 0.4) is 0 Å². The summed E-state index contributed by atoms with van der Waals surface area (Å²) in [6.45, 7) is 0.524. The Kier molecular flexibility index (Phi) is 8.48. The minimum absolute atomic E-state index is 0.228. The van der Waals surface area contributed by atoms with Gasteiger partial charge in [-0.05, 0) is 59.4 Å². The summed E-state index contributed by atoms with van der Waals surface area (Å²) in [5, 5.41) is 0. The number of hydrogen-bond acceptors (Lipinski definition) is 7. The highest BCUT2D eigenvalue weighted by molar-refractivity contribution is 6.13. The highest BCUT2D eigenvalue weighted by atomic mass is 16.4. The van der Waals surface area contributed by atoms with Crippen LogP contribution in [0, 0.1) is 23.7 Å². The van der Waals surface area contributed by atoms with E-state index in [1.54, 1.807) is 50.5 Å². The van der Waals surface area contributed by atoms with E-state index in [2.05, 4.69) is 23.7 Å². The van der Waals surface area contributed by atoms with Gasteiger partial charge in [0.05, 0.1) is 0 Å². The lowest BCUT2D eigenvalue weighted by molar-refractivity contribution is -0.125. The lowest BCUT2D eigenvalue weighted by Gasteiger charge is -2.13. The normalized spacial score (nSPS) is 9.78. The number of furan rings is 1. The predicted octanol–water partition coefficient (Wildman–Crippen LogP) is 2.13. The summed E-state index contributed by atoms with van der Waals surface area (Å²) in [6.07, 6.45) is 0. The molecule has 0 bridgehead atoms. The molecule has 0 radical (unpaired) electrons. The molecule has 0 aliphatic heterocycles. The number of nitrogen functional groups attached to an aromatic ring is 2. The van der Waals surface area contributed by atoms with Gasteiger partial charge in [-0.1, -0.05) is 24.3 Å². The Morgan fingerprint density at radius 3 is 1.46 bits per heavy atom. The maximum Gasteiger partial charge on any atom is 0.298 e. The standard InChI is InChI=1S/C28H24N4O5/c1-31(17-19-5-3-7-21(29)15-19)27(35)13-9-23(33)25-11-12-26(37-25)24(34)10-14-28(36)32(2)18-20-6-4-8-22(30)16-20/h3-8,11-12,15-16H,17-18,29-30H2,1-2H3. The SMILES string of the molecule is CN(Cc1cccc(N)c1)C(=O)C#CC(=O)c1ccc(C(=O)C#CC(=O)N(C)Cc2cccc(N)c2)o1. The molecule has 0 atom stereocenters. The summed E-state index contributed by atoms with van der Waals surface area (Å²) < 4.78 is 5.23. The molecule has 3 rings (SSSR count). The molecule has 0 saturated heterocycles. The molecular weight excluding hydrogens is 472 g/mol. The zero-order valence-electron chi connectivity index (χ0n) is 20.3. The Bertz CT molecular complexity index is 1370. The molecule has 0 saturated carbocycles. The molecule has 186 valence electrons. The average Bonchev–Trinajstić information content (AvgIpc) is 3.36. The van der Waals surface area contributed by atoms with Crippen LogP contribution in [0.1, 0.15) is 32.2 Å². The van der Waals surface area contributed by atoms with Gasteiger partial charge in [-0.2, -0.15) is 0 Å². The van der Waals surface area contributed by atoms with Gasteiger partial charge in [-0.15, -0.1) is 0 Å². The maximum absolute atomic E-state index is 12.3. The van der Waals surface area contributed by atoms with Gasteiger partial charge in [0.2, 0.25) is 0 Å². The lowest BCUT2D eigenvalue weighted by atomic mass is 10.2. The third kappa shape index (κ3) is 7.61. The summed E-state index contributed by atoms with van der Waals surface area (Å²) >= 11 is 0. The highest BCUT2D eigenvalue weighted by Crippen LogP contribution is 2.11. The number of rotatable bonds is 6. The third-order valence-electron chi connectivity index (χ3n) is 5.05. The van der Waals surface area contributed by atoms with Crippen molar-refractivity contribution in [2.75, 3.05) is 25.6 Å². The molecule has 9 heteroatoms. The van der Waals surface area contributed by atoms with Crippen molar-refractivity contribution in [1.82, 2.24) is 9.80 Å². The van der Waals surface area contributed by atoms with E-state index < -0.39 is 23.4 Å². The molecule has 0 aliphatic carbocycles. The molecule has 37 heavy (non-hydrogen) atoms. The van der Waals surface area contributed by atoms with Gasteiger partial charge in [0.15, 0.2) is 11.5 Å². The van der Waals surface area contributed by atoms with Gasteiger partial charge < -0.3 is 25.7 Å². The van der Waals surface area contributed by atoms with E-state index in [1.807, 2.05) is 12.1 Å². The van der Waals surface area contributed by atoms with Crippen molar-refractivity contribution < 1.29 is 23.6 Å². The van der Waals surface area contributed by atoms with Crippen LogP contribution in [0.2, 0.25) is 0 Å². The van der Waals surface area contributed by atoms with E-state index in [0.717, 1.165) is 11.1 Å². The molecule has 2 amide bonds. The molecule has 0 unspecified atom stereocenters. The monoisotopic (exact) mass is 496 g/mol. The number of carbonyl (C=O) groups excluding carboxylic acids is 4. The fraction of sp³-hybridized carbons (Fsp3) is 0.143. The zero-order valence-corrected chi connectivity index (χ0v) is 20.3. The van der Waals surface area contributed by atoms with Gasteiger partial charge in [0.25, 0.3) is 23.4 Å². The van der Waals surface area contributed by atoms with E-state index in [9.17, 15) is 19.2 Å². The molecule has 0 spiro atoms. The summed E-state index contributed by atoms with van der Waals surface area (Å²) in [4.78, 5) is 51.7. The number of anilines is 2. The molecular formula is C28H24N4O5. The van der Waals surface area contributed by atoms with Crippen molar-refractivity contribution in [1.29, 1.82) is 0 Å². The van der Waals surface area contributed by atoms with Gasteiger partial charge >= 0.3 is 0 Å². The van der Waals surface area contributed by atoms with E-state index >= 15 is 0 Å². The van der Waals surface area contributed by atoms with Crippen molar-refractivity contribution >= 4 is 34.8 Å². The Balaban J connectivity index is 1.57. The van der Waals surface area contributed by atoms with E-state index in [-0.39, 0.29) is 24.6 Å². The first-order chi connectivity index (χ1) is 17.6. The van der Waals surface area contributed by atoms with Gasteiger partial charge in [-0.3, -0.25) is 19.2 Å². The van der Waals surface area contributed by atoms with Crippen LogP contribution in [0.5, 0.6) is 0 Å². The number of amides is 2. The van der Waals surface area contributed by atoms with Gasteiger partial charge in [0.1, 0.15) is 0 Å². The molecule has 1 aromatic heterocycles. The van der Waals surface area contributed by atoms with Crippen LogP contribution in [0.4, 0.5) is 11.4 Å². The summed E-state index contributed by atoms with van der Waals surface area (Å²) in [5.74, 6) is 5.75. The van der Waals surface area contributed by atoms with Crippen molar-refractivity contribution in [3.05, 3.63) is 83.3 Å². The number of hydrogen-bond donors (Lipinski definition) is 2. The first-order valence-electron chi connectivity index (χ1n) is 11.0. The highest BCUT2D eigenvalue weighted by Gasteiger charge is 2.15. The molecule has 0 fully saturated rings. The molecule has 2 aromatic carbocycles. The van der Waals surface area contributed by atoms with Crippen molar-refractivity contribution in [3.63, 3.8) is 0 Å². The zero-order chi connectivity index (χ0) is 26.9. The Morgan fingerprint density at radius 1 is 0.676 bits per heavy atom. The van der Waals surface area contributed by atoms with Crippen LogP contribution >= 0.6 is 0 Å². The Labute approximate surface area is 214 Å². The summed E-state index contributed by atoms with van der Waals surface area (Å²) in [7, 11) is 3.09. The fourth-order valence-electron chi connectivity index (χ4n) is 3.19. The topological polar surface area (TPSA) is 140 Å². The van der Waals surface area contributed by atoms with Crippen LogP contribution in [-0.2, 0) is 22.7 Å². The molecule has 3 aromatic rings. The maximum atomic E-state index is 12.3. The number of carbonyl (C=O) groups is 4. The van der Waals surface area contributed by atoms with Crippen LogP contribution in [-0.4, -0.2) is 47.3 Å². The van der Waals surface area contributed by atoms with Crippen LogP contribution in [0.25, 0.3) is 0 Å². The number of benzene rings is 2. The number of Topliss-reactive ketones (excluding diaryl/α,β-unsaturated/α-hetero) is 2. The molecule has 9 nitrogen and oxygen atoms in total. The van der Waals surface area contributed by atoms with Crippen LogP contribution < -0.4 is 11.5 Å². The van der Waals surface area contributed by atoms with Gasteiger partial charge in [0, 0.05) is 50.4 Å². The third-order valence-corrected chi connectivity index (χ3v) is 5.05. The first-order valence-corrected chi connectivity index (χ1v) is 11.0. The van der Waals surface area contributed by atoms with E-state index in [4.69, 9.17) is 15.9 Å². The average molecular weight is 497 g/mol. The molecule has 0 aliphatic rings. The van der Waals surface area contributed by atoms with E-state index in [0.29, 0.717) is 11.4 Å². The second-order valence-electron chi connectivity index (χ2n) is 8.13. The molecule has 1 heterocycles.